The highest BCUT2D eigenvalue weighted by atomic mass is 32.2. The van der Waals surface area contributed by atoms with Gasteiger partial charge >= 0.3 is 0 Å². The Morgan fingerprint density at radius 1 is 1.15 bits per heavy atom. The predicted molar refractivity (Wildman–Crippen MR) is 97.0 cm³/mol. The van der Waals surface area contributed by atoms with E-state index in [0.717, 1.165) is 0 Å². The number of nitrogens with one attached hydrogen (secondary N) is 2. The maximum atomic E-state index is 13.3. The Morgan fingerprint density at radius 2 is 1.88 bits per heavy atom. The molecule has 1 atom stereocenters. The van der Waals surface area contributed by atoms with Crippen LogP contribution in [0, 0.1) is 11.7 Å². The number of anilines is 1. The van der Waals surface area contributed by atoms with Gasteiger partial charge in [-0.1, -0.05) is 32.0 Å². The number of amides is 1. The van der Waals surface area contributed by atoms with Gasteiger partial charge in [-0.3, -0.25) is 14.5 Å². The number of halogens is 1. The van der Waals surface area contributed by atoms with Crippen molar-refractivity contribution in [1.29, 1.82) is 0 Å². The van der Waals surface area contributed by atoms with Crippen molar-refractivity contribution in [3.05, 3.63) is 59.9 Å². The summed E-state index contributed by atoms with van der Waals surface area (Å²) in [6.07, 6.45) is 0. The molecule has 1 aliphatic heterocycles. The largest absolute Gasteiger partial charge is 0.324 e. The summed E-state index contributed by atoms with van der Waals surface area (Å²) in [5.74, 6) is -0.976. The van der Waals surface area contributed by atoms with Gasteiger partial charge in [0.1, 0.15) is 17.7 Å². The van der Waals surface area contributed by atoms with Crippen molar-refractivity contribution in [1.82, 2.24) is 4.72 Å². The second-order valence-electron chi connectivity index (χ2n) is 6.27. The summed E-state index contributed by atoms with van der Waals surface area (Å²) in [5.41, 5.74) is 0.741. The van der Waals surface area contributed by atoms with E-state index in [9.17, 15) is 17.6 Å². The Morgan fingerprint density at radius 3 is 2.58 bits per heavy atom. The van der Waals surface area contributed by atoms with Crippen molar-refractivity contribution in [3.8, 4) is 0 Å². The highest BCUT2D eigenvalue weighted by molar-refractivity contribution is 7.90. The molecular weight excluding hydrogens is 357 g/mol. The standard InChI is InChI=1S/C18H18FN3O3S/c1-11(2)16(18(23)20-13-7-5-6-12(19)10-13)21-17-14-8-3-4-9-15(14)26(24,25)22-17/h3-11,16H,1-2H3,(H,20,23)(H,21,22)/t16-/m0/s1. The first-order valence-corrected chi connectivity index (χ1v) is 9.53. The maximum Gasteiger partial charge on any atom is 0.263 e. The molecule has 1 amide bonds. The van der Waals surface area contributed by atoms with E-state index >= 15 is 0 Å². The van der Waals surface area contributed by atoms with Crippen molar-refractivity contribution < 1.29 is 17.6 Å². The summed E-state index contributed by atoms with van der Waals surface area (Å²) in [7, 11) is -3.68. The molecule has 2 aromatic rings. The van der Waals surface area contributed by atoms with Gasteiger partial charge in [-0.05, 0) is 36.2 Å². The fraction of sp³-hybridized carbons (Fsp3) is 0.222. The van der Waals surface area contributed by atoms with Gasteiger partial charge in [0.15, 0.2) is 0 Å². The molecule has 136 valence electrons. The fourth-order valence-corrected chi connectivity index (χ4v) is 3.90. The number of amidine groups is 1. The molecule has 0 unspecified atom stereocenters. The van der Waals surface area contributed by atoms with E-state index in [4.69, 9.17) is 0 Å². The SMILES string of the molecule is CC(C)[C@H](N=C1NS(=O)(=O)c2ccccc21)C(=O)Nc1cccc(F)c1. The van der Waals surface area contributed by atoms with Crippen LogP contribution in [0.5, 0.6) is 0 Å². The summed E-state index contributed by atoms with van der Waals surface area (Å²) < 4.78 is 40.0. The minimum atomic E-state index is -3.68. The van der Waals surface area contributed by atoms with Crippen molar-refractivity contribution in [2.45, 2.75) is 24.8 Å². The number of carbonyl (C=O) groups is 1. The lowest BCUT2D eigenvalue weighted by Crippen LogP contribution is -2.34. The van der Waals surface area contributed by atoms with E-state index in [0.29, 0.717) is 11.3 Å². The van der Waals surface area contributed by atoms with Crippen LogP contribution in [0.2, 0.25) is 0 Å². The van der Waals surface area contributed by atoms with E-state index in [1.165, 1.54) is 24.3 Å². The first-order valence-electron chi connectivity index (χ1n) is 8.04. The summed E-state index contributed by atoms with van der Waals surface area (Å²) >= 11 is 0. The number of carbonyl (C=O) groups excluding carboxylic acids is 1. The van der Waals surface area contributed by atoms with E-state index in [-0.39, 0.29) is 16.6 Å². The van der Waals surface area contributed by atoms with Gasteiger partial charge in [0, 0.05) is 11.3 Å². The molecule has 1 heterocycles. The van der Waals surface area contributed by atoms with Crippen LogP contribution in [0.15, 0.2) is 58.4 Å². The molecular formula is C18H18FN3O3S. The molecule has 0 saturated carbocycles. The number of rotatable bonds is 4. The molecule has 0 aromatic heterocycles. The van der Waals surface area contributed by atoms with Gasteiger partial charge in [-0.25, -0.2) is 12.8 Å². The minimum Gasteiger partial charge on any atom is -0.324 e. The molecule has 0 saturated heterocycles. The highest BCUT2D eigenvalue weighted by Crippen LogP contribution is 2.23. The summed E-state index contributed by atoms with van der Waals surface area (Å²) in [5, 5.41) is 2.62. The quantitative estimate of drug-likeness (QED) is 0.861. The third kappa shape index (κ3) is 3.60. The van der Waals surface area contributed by atoms with E-state index in [2.05, 4.69) is 15.0 Å². The average molecular weight is 375 g/mol. The molecule has 6 nitrogen and oxygen atoms in total. The summed E-state index contributed by atoms with van der Waals surface area (Å²) in [6, 6.07) is 11.1. The Kier molecular flexibility index (Phi) is 4.78. The van der Waals surface area contributed by atoms with Crippen molar-refractivity contribution >= 4 is 27.5 Å². The van der Waals surface area contributed by atoms with Gasteiger partial charge in [0.25, 0.3) is 10.0 Å². The minimum absolute atomic E-state index is 0.131. The van der Waals surface area contributed by atoms with E-state index in [1.54, 1.807) is 38.1 Å². The fourth-order valence-electron chi connectivity index (χ4n) is 2.66. The molecule has 0 aliphatic carbocycles. The summed E-state index contributed by atoms with van der Waals surface area (Å²) in [4.78, 5) is 17.1. The number of aliphatic imine (C=N–C) groups is 1. The first kappa shape index (κ1) is 18.1. The Labute approximate surface area is 151 Å². The lowest BCUT2D eigenvalue weighted by molar-refractivity contribution is -0.118. The molecule has 8 heteroatoms. The Hall–Kier alpha value is -2.74. The lowest BCUT2D eigenvalue weighted by atomic mass is 10.0. The van der Waals surface area contributed by atoms with Gasteiger partial charge in [-0.2, -0.15) is 0 Å². The Balaban J connectivity index is 1.92. The zero-order valence-corrected chi connectivity index (χ0v) is 15.0. The zero-order chi connectivity index (χ0) is 18.9. The molecule has 0 radical (unpaired) electrons. The zero-order valence-electron chi connectivity index (χ0n) is 14.2. The Bertz CT molecular complexity index is 987. The van der Waals surface area contributed by atoms with Crippen molar-refractivity contribution in [3.63, 3.8) is 0 Å². The molecule has 0 bridgehead atoms. The number of hydrogen-bond acceptors (Lipinski definition) is 4. The number of sulfonamides is 1. The van der Waals surface area contributed by atoms with Crippen LogP contribution in [0.25, 0.3) is 0 Å². The second-order valence-corrected chi connectivity index (χ2v) is 7.92. The number of hydrogen-bond donors (Lipinski definition) is 2. The number of nitrogens with zero attached hydrogens (tertiary/aromatic N) is 1. The van der Waals surface area contributed by atoms with Crippen molar-refractivity contribution in [2.75, 3.05) is 5.32 Å². The van der Waals surface area contributed by atoms with Crippen LogP contribution in [-0.2, 0) is 14.8 Å². The molecule has 0 spiro atoms. The molecule has 0 fully saturated rings. The van der Waals surface area contributed by atoms with Gasteiger partial charge in [0.05, 0.1) is 4.90 Å². The average Bonchev–Trinajstić information content (AvgIpc) is 2.83. The number of benzene rings is 2. The lowest BCUT2D eigenvalue weighted by Gasteiger charge is -2.17. The third-order valence-corrected chi connectivity index (χ3v) is 5.32. The predicted octanol–water partition coefficient (Wildman–Crippen LogP) is 2.53. The molecule has 2 aromatic carbocycles. The van der Waals surface area contributed by atoms with E-state index in [1.807, 2.05) is 0 Å². The monoisotopic (exact) mass is 375 g/mol. The molecule has 3 rings (SSSR count). The van der Waals surface area contributed by atoms with Crippen LogP contribution >= 0.6 is 0 Å². The topological polar surface area (TPSA) is 87.6 Å². The van der Waals surface area contributed by atoms with Crippen LogP contribution < -0.4 is 10.0 Å². The van der Waals surface area contributed by atoms with Gasteiger partial charge < -0.3 is 5.32 Å². The summed E-state index contributed by atoms with van der Waals surface area (Å²) in [6.45, 7) is 3.60. The van der Waals surface area contributed by atoms with Crippen LogP contribution in [0.1, 0.15) is 19.4 Å². The van der Waals surface area contributed by atoms with Crippen LogP contribution in [-0.4, -0.2) is 26.2 Å². The smallest absolute Gasteiger partial charge is 0.263 e. The van der Waals surface area contributed by atoms with Crippen LogP contribution in [0.3, 0.4) is 0 Å². The third-order valence-electron chi connectivity index (χ3n) is 3.92. The highest BCUT2D eigenvalue weighted by Gasteiger charge is 2.32. The molecule has 2 N–H and O–H groups in total. The van der Waals surface area contributed by atoms with E-state index < -0.39 is 27.8 Å². The molecule has 26 heavy (non-hydrogen) atoms. The van der Waals surface area contributed by atoms with Gasteiger partial charge in [-0.15, -0.1) is 0 Å². The first-order chi connectivity index (χ1) is 12.3. The second kappa shape index (κ2) is 6.87. The molecule has 1 aliphatic rings. The normalized spacial score (nSPS) is 17.6. The number of fused-ring (bicyclic) bond motifs is 1. The van der Waals surface area contributed by atoms with Crippen molar-refractivity contribution in [2.24, 2.45) is 10.9 Å². The maximum absolute atomic E-state index is 13.3. The van der Waals surface area contributed by atoms with Gasteiger partial charge in [0.2, 0.25) is 5.91 Å². The van der Waals surface area contributed by atoms with Crippen LogP contribution in [0.4, 0.5) is 10.1 Å².